The molecule has 2 unspecified atom stereocenters. The van der Waals surface area contributed by atoms with Gasteiger partial charge in [-0.15, -0.1) is 0 Å². The molecule has 45 heavy (non-hydrogen) atoms. The largest absolute Gasteiger partial charge is 0.460 e. The summed E-state index contributed by atoms with van der Waals surface area (Å²) in [6.45, 7) is 15.9. The normalized spacial score (nSPS) is 13.1. The third-order valence-electron chi connectivity index (χ3n) is 5.90. The Bertz CT molecular complexity index is 1120. The van der Waals surface area contributed by atoms with Gasteiger partial charge in [0.15, 0.2) is 0 Å². The molecule has 2 atom stereocenters. The van der Waals surface area contributed by atoms with Crippen LogP contribution < -0.4 is 10.6 Å². The summed E-state index contributed by atoms with van der Waals surface area (Å²) in [5, 5.41) is 5.30. The summed E-state index contributed by atoms with van der Waals surface area (Å²) in [6, 6.07) is 6.43. The van der Waals surface area contributed by atoms with E-state index in [1.165, 1.54) is 11.9 Å². The van der Waals surface area contributed by atoms with Crippen molar-refractivity contribution in [3.8, 4) is 0 Å². The number of carbonyl (C=O) groups excluding carboxylic acids is 5. The van der Waals surface area contributed by atoms with Gasteiger partial charge in [0.1, 0.15) is 35.5 Å². The number of hydrogen-bond donors (Lipinski definition) is 2. The van der Waals surface area contributed by atoms with E-state index in [-0.39, 0.29) is 25.9 Å². The monoisotopic (exact) mass is 635 g/mol. The van der Waals surface area contributed by atoms with Gasteiger partial charge >= 0.3 is 30.0 Å². The lowest BCUT2D eigenvalue weighted by molar-refractivity contribution is -0.160. The van der Waals surface area contributed by atoms with Crippen molar-refractivity contribution in [2.45, 2.75) is 130 Å². The van der Waals surface area contributed by atoms with Crippen molar-refractivity contribution in [3.05, 3.63) is 35.9 Å². The molecule has 0 aliphatic heterocycles. The molecule has 254 valence electrons. The average molecular weight is 636 g/mol. The van der Waals surface area contributed by atoms with E-state index in [9.17, 15) is 24.0 Å². The van der Waals surface area contributed by atoms with Gasteiger partial charge in [-0.3, -0.25) is 4.79 Å². The second-order valence-electron chi connectivity index (χ2n) is 13.8. The van der Waals surface area contributed by atoms with Crippen molar-refractivity contribution >= 4 is 30.0 Å². The molecule has 0 aliphatic carbocycles. The Balaban J connectivity index is 2.87. The van der Waals surface area contributed by atoms with Crippen LogP contribution in [0.1, 0.15) is 100.0 Å². The predicted octanol–water partition coefficient (Wildman–Crippen LogP) is 5.27. The molecule has 0 spiro atoms. The van der Waals surface area contributed by atoms with Gasteiger partial charge < -0.3 is 34.5 Å². The quantitative estimate of drug-likeness (QED) is 0.158. The van der Waals surface area contributed by atoms with Crippen molar-refractivity contribution in [2.24, 2.45) is 0 Å². The van der Waals surface area contributed by atoms with Gasteiger partial charge in [-0.05, 0) is 93.6 Å². The fourth-order valence-corrected chi connectivity index (χ4v) is 3.94. The minimum Gasteiger partial charge on any atom is -0.460 e. The summed E-state index contributed by atoms with van der Waals surface area (Å²) in [6.07, 6.45) is 0.446. The number of alkyl carbamates (subject to hydrolysis) is 1. The number of ether oxygens (including phenoxy) is 4. The van der Waals surface area contributed by atoms with Gasteiger partial charge in [0.25, 0.3) is 0 Å². The Morgan fingerprint density at radius 2 is 1.31 bits per heavy atom. The number of nitrogens with one attached hydrogen (secondary N) is 2. The van der Waals surface area contributed by atoms with Crippen molar-refractivity contribution in [1.29, 1.82) is 0 Å². The molecule has 0 fully saturated rings. The van der Waals surface area contributed by atoms with Crippen LogP contribution in [0.5, 0.6) is 0 Å². The van der Waals surface area contributed by atoms with Crippen molar-refractivity contribution in [3.63, 3.8) is 0 Å². The molecule has 1 aromatic rings. The fourth-order valence-electron chi connectivity index (χ4n) is 3.94. The van der Waals surface area contributed by atoms with Gasteiger partial charge in [0.05, 0.1) is 0 Å². The number of likely N-dealkylation sites (N-methyl/N-ethyl adjacent to an activating group) is 1. The molecule has 12 nitrogen and oxygen atoms in total. The van der Waals surface area contributed by atoms with E-state index in [1.807, 2.05) is 30.3 Å². The first-order valence-electron chi connectivity index (χ1n) is 15.3. The number of amides is 3. The smallest absolute Gasteiger partial charge is 0.407 e. The molecule has 0 saturated heterocycles. The summed E-state index contributed by atoms with van der Waals surface area (Å²) in [7, 11) is 1.43. The summed E-state index contributed by atoms with van der Waals surface area (Å²) in [5.41, 5.74) is -1.48. The molecular weight excluding hydrogens is 582 g/mol. The van der Waals surface area contributed by atoms with E-state index < -0.39 is 58.9 Å². The number of hydrogen-bond acceptors (Lipinski definition) is 9. The van der Waals surface area contributed by atoms with Crippen LogP contribution in [0.25, 0.3) is 0 Å². The average Bonchev–Trinajstić information content (AvgIpc) is 2.88. The Morgan fingerprint density at radius 1 is 0.756 bits per heavy atom. The highest BCUT2D eigenvalue weighted by Gasteiger charge is 2.34. The van der Waals surface area contributed by atoms with E-state index in [0.717, 1.165) is 5.56 Å². The molecule has 0 bridgehead atoms. The Morgan fingerprint density at radius 3 is 1.87 bits per heavy atom. The second kappa shape index (κ2) is 17.6. The predicted molar refractivity (Wildman–Crippen MR) is 169 cm³/mol. The maximum absolute atomic E-state index is 13.4. The van der Waals surface area contributed by atoms with Gasteiger partial charge in [0.2, 0.25) is 0 Å². The Hall–Kier alpha value is -3.83. The maximum Gasteiger partial charge on any atom is 0.407 e. The molecule has 0 radical (unpaired) electrons. The third-order valence-corrected chi connectivity index (χ3v) is 5.90. The van der Waals surface area contributed by atoms with Crippen LogP contribution in [0, 0.1) is 0 Å². The summed E-state index contributed by atoms with van der Waals surface area (Å²) in [5.74, 6) is -1.85. The topological polar surface area (TPSA) is 150 Å². The zero-order valence-electron chi connectivity index (χ0n) is 28.6. The first kappa shape index (κ1) is 39.2. The molecule has 0 aromatic heterocycles. The molecular formula is C33H53N3O9. The Kier molecular flexibility index (Phi) is 15.3. The van der Waals surface area contributed by atoms with Gasteiger partial charge in [-0.2, -0.15) is 0 Å². The van der Waals surface area contributed by atoms with E-state index in [1.54, 1.807) is 62.3 Å². The standard InChI is InChI=1S/C33H53N3O9/c1-31(2,3)43-26(37)20-19-24(27(38)44-32(4,5)6)35-29(40)36(10)25(28(39)45-33(7,8)9)18-14-15-21-34-30(41)42-22-23-16-12-11-13-17-23/h11-13,16-17,24-25H,14-15,18-22H2,1-10H3,(H,34,41)(H,35,40). The minimum absolute atomic E-state index is 0.0629. The maximum atomic E-state index is 13.4. The van der Waals surface area contributed by atoms with Crippen molar-refractivity contribution < 1.29 is 42.9 Å². The van der Waals surface area contributed by atoms with Crippen molar-refractivity contribution in [1.82, 2.24) is 15.5 Å². The number of rotatable bonds is 14. The number of urea groups is 1. The van der Waals surface area contributed by atoms with Crippen LogP contribution in [0.3, 0.4) is 0 Å². The first-order chi connectivity index (χ1) is 20.7. The highest BCUT2D eigenvalue weighted by Crippen LogP contribution is 2.17. The lowest BCUT2D eigenvalue weighted by Gasteiger charge is -2.31. The fraction of sp³-hybridized carbons (Fsp3) is 0.667. The molecule has 0 aliphatic rings. The lowest BCUT2D eigenvalue weighted by Crippen LogP contribution is -2.53. The summed E-state index contributed by atoms with van der Waals surface area (Å²) < 4.78 is 21.6. The van der Waals surface area contributed by atoms with E-state index in [4.69, 9.17) is 18.9 Å². The highest BCUT2D eigenvalue weighted by atomic mass is 16.6. The van der Waals surface area contributed by atoms with Crippen LogP contribution in [-0.4, -0.2) is 77.4 Å². The molecule has 2 N–H and O–H groups in total. The molecule has 0 saturated carbocycles. The zero-order valence-corrected chi connectivity index (χ0v) is 28.6. The lowest BCUT2D eigenvalue weighted by atomic mass is 10.1. The van der Waals surface area contributed by atoms with E-state index in [0.29, 0.717) is 19.4 Å². The summed E-state index contributed by atoms with van der Waals surface area (Å²) >= 11 is 0. The Labute approximate surface area is 267 Å². The number of benzene rings is 1. The van der Waals surface area contributed by atoms with Gasteiger partial charge in [-0.25, -0.2) is 19.2 Å². The molecule has 1 rings (SSSR count). The van der Waals surface area contributed by atoms with Crippen molar-refractivity contribution in [2.75, 3.05) is 13.6 Å². The second-order valence-corrected chi connectivity index (χ2v) is 13.8. The number of carbonyl (C=O) groups is 5. The van der Waals surface area contributed by atoms with Crippen LogP contribution in [0.15, 0.2) is 30.3 Å². The van der Waals surface area contributed by atoms with Crippen LogP contribution in [-0.2, 0) is 39.9 Å². The number of unbranched alkanes of at least 4 members (excludes halogenated alkanes) is 1. The van der Waals surface area contributed by atoms with Gasteiger partial charge in [0, 0.05) is 20.0 Å². The molecule has 3 amide bonds. The summed E-state index contributed by atoms with van der Waals surface area (Å²) in [4.78, 5) is 65.1. The molecule has 12 heteroatoms. The number of nitrogens with zero attached hydrogens (tertiary/aromatic N) is 1. The SMILES string of the molecule is CN(C(=O)NC(CCC(=O)OC(C)(C)C)C(=O)OC(C)(C)C)C(CCCCNC(=O)OCc1ccccc1)C(=O)OC(C)(C)C. The number of esters is 3. The van der Waals surface area contributed by atoms with E-state index in [2.05, 4.69) is 10.6 Å². The first-order valence-corrected chi connectivity index (χ1v) is 15.3. The van der Waals surface area contributed by atoms with Crippen LogP contribution >= 0.6 is 0 Å². The zero-order chi connectivity index (χ0) is 34.4. The highest BCUT2D eigenvalue weighted by molar-refractivity contribution is 5.87. The van der Waals surface area contributed by atoms with Gasteiger partial charge in [-0.1, -0.05) is 30.3 Å². The van der Waals surface area contributed by atoms with Crippen LogP contribution in [0.4, 0.5) is 9.59 Å². The third kappa shape index (κ3) is 17.9. The minimum atomic E-state index is -1.17. The molecule has 0 heterocycles. The molecule has 1 aromatic carbocycles. The van der Waals surface area contributed by atoms with E-state index >= 15 is 0 Å². The van der Waals surface area contributed by atoms with Crippen LogP contribution in [0.2, 0.25) is 0 Å².